The topological polar surface area (TPSA) is 50.8 Å². The molecular weight excluding hydrogens is 404 g/mol. The number of nitrogens with one attached hydrogen (secondary N) is 1. The molecule has 0 aliphatic carbocycles. The van der Waals surface area contributed by atoms with Gasteiger partial charge in [0, 0.05) is 28.5 Å². The highest BCUT2D eigenvalue weighted by Crippen LogP contribution is 2.40. The third kappa shape index (κ3) is 4.22. The number of thioether (sulfide) groups is 1. The minimum absolute atomic E-state index is 0.0700. The Balaban J connectivity index is 1.80. The van der Waals surface area contributed by atoms with Crippen molar-refractivity contribution in [3.05, 3.63) is 52.5 Å². The van der Waals surface area contributed by atoms with Crippen molar-refractivity contribution in [1.29, 1.82) is 0 Å². The van der Waals surface area contributed by atoms with Gasteiger partial charge in [-0.3, -0.25) is 0 Å². The fourth-order valence-corrected chi connectivity index (χ4v) is 4.15. The molecule has 1 N–H and O–H groups in total. The van der Waals surface area contributed by atoms with Crippen LogP contribution in [-0.2, 0) is 0 Å². The molecule has 2 aromatic rings. The smallest absolute Gasteiger partial charge is 0.323 e. The van der Waals surface area contributed by atoms with Gasteiger partial charge in [0.2, 0.25) is 0 Å². The Hall–Kier alpha value is -1.86. The van der Waals surface area contributed by atoms with E-state index in [1.807, 2.05) is 47.4 Å². The van der Waals surface area contributed by atoms with E-state index in [2.05, 4.69) is 21.2 Å². The third-order valence-electron chi connectivity index (χ3n) is 3.91. The van der Waals surface area contributed by atoms with Crippen LogP contribution in [0.25, 0.3) is 0 Å². The first kappa shape index (κ1) is 17.9. The lowest BCUT2D eigenvalue weighted by Crippen LogP contribution is -2.34. The Morgan fingerprint density at radius 3 is 2.40 bits per heavy atom. The van der Waals surface area contributed by atoms with E-state index in [4.69, 9.17) is 9.47 Å². The molecule has 0 radical (unpaired) electrons. The zero-order valence-corrected chi connectivity index (χ0v) is 16.4. The van der Waals surface area contributed by atoms with Crippen LogP contribution in [0.1, 0.15) is 10.9 Å². The van der Waals surface area contributed by atoms with Gasteiger partial charge in [-0.25, -0.2) is 4.79 Å². The van der Waals surface area contributed by atoms with Crippen molar-refractivity contribution in [2.45, 2.75) is 5.37 Å². The van der Waals surface area contributed by atoms with Crippen LogP contribution in [0.4, 0.5) is 10.5 Å². The number of halogens is 1. The molecule has 3 rings (SSSR count). The summed E-state index contributed by atoms with van der Waals surface area (Å²) in [6.07, 6.45) is 0. The molecule has 2 amide bonds. The predicted octanol–water partition coefficient (Wildman–Crippen LogP) is 4.75. The van der Waals surface area contributed by atoms with Gasteiger partial charge in [0.25, 0.3) is 0 Å². The second kappa shape index (κ2) is 8.01. The number of ether oxygens (including phenoxy) is 2. The van der Waals surface area contributed by atoms with Gasteiger partial charge < -0.3 is 19.7 Å². The van der Waals surface area contributed by atoms with Crippen molar-refractivity contribution < 1.29 is 14.3 Å². The first-order valence-corrected chi connectivity index (χ1v) is 9.62. The molecule has 0 saturated carbocycles. The van der Waals surface area contributed by atoms with Crippen molar-refractivity contribution >= 4 is 39.4 Å². The van der Waals surface area contributed by atoms with Gasteiger partial charge in [-0.05, 0) is 42.0 Å². The Morgan fingerprint density at radius 1 is 1.16 bits per heavy atom. The number of anilines is 1. The highest BCUT2D eigenvalue weighted by Gasteiger charge is 2.31. The van der Waals surface area contributed by atoms with Gasteiger partial charge in [-0.1, -0.05) is 15.9 Å². The predicted molar refractivity (Wildman–Crippen MR) is 105 cm³/mol. The van der Waals surface area contributed by atoms with E-state index in [1.165, 1.54) is 0 Å². The maximum Gasteiger partial charge on any atom is 0.323 e. The highest BCUT2D eigenvalue weighted by atomic mass is 79.9. The van der Waals surface area contributed by atoms with Crippen molar-refractivity contribution in [2.24, 2.45) is 0 Å². The molecule has 1 fully saturated rings. The fraction of sp³-hybridized carbons (Fsp3) is 0.278. The maximum absolute atomic E-state index is 12.7. The van der Waals surface area contributed by atoms with Crippen molar-refractivity contribution in [3.8, 4) is 11.5 Å². The summed E-state index contributed by atoms with van der Waals surface area (Å²) >= 11 is 5.12. The normalized spacial score (nSPS) is 16.6. The average Bonchev–Trinajstić information content (AvgIpc) is 3.13. The number of methoxy groups -OCH3 is 2. The monoisotopic (exact) mass is 422 g/mol. The molecule has 0 spiro atoms. The van der Waals surface area contributed by atoms with E-state index >= 15 is 0 Å². The summed E-state index contributed by atoms with van der Waals surface area (Å²) < 4.78 is 11.7. The first-order chi connectivity index (χ1) is 12.1. The number of benzene rings is 2. The molecule has 1 atom stereocenters. The lowest BCUT2D eigenvalue weighted by atomic mass is 10.2. The summed E-state index contributed by atoms with van der Waals surface area (Å²) in [5.41, 5.74) is 1.76. The Morgan fingerprint density at radius 2 is 1.80 bits per heavy atom. The number of carbonyl (C=O) groups excluding carboxylic acids is 1. The number of carbonyl (C=O) groups is 1. The summed E-state index contributed by atoms with van der Waals surface area (Å²) in [5, 5.41) is 2.89. The average molecular weight is 423 g/mol. The number of urea groups is 1. The van der Waals surface area contributed by atoms with Crippen LogP contribution in [0, 0.1) is 0 Å². The molecule has 0 aromatic heterocycles. The highest BCUT2D eigenvalue weighted by molar-refractivity contribution is 9.10. The lowest BCUT2D eigenvalue weighted by Gasteiger charge is -2.25. The Bertz CT molecular complexity index is 732. The third-order valence-corrected chi connectivity index (χ3v) is 5.70. The summed E-state index contributed by atoms with van der Waals surface area (Å²) in [6, 6.07) is 13.2. The van der Waals surface area contributed by atoms with E-state index in [-0.39, 0.29) is 11.4 Å². The van der Waals surface area contributed by atoms with Gasteiger partial charge in [0.1, 0.15) is 16.9 Å². The van der Waals surface area contributed by atoms with Crippen LogP contribution in [0.2, 0.25) is 0 Å². The van der Waals surface area contributed by atoms with Gasteiger partial charge in [-0.15, -0.1) is 11.8 Å². The van der Waals surface area contributed by atoms with Crippen LogP contribution < -0.4 is 14.8 Å². The molecule has 1 aliphatic heterocycles. The maximum atomic E-state index is 12.7. The van der Waals surface area contributed by atoms with Crippen LogP contribution in [0.5, 0.6) is 11.5 Å². The van der Waals surface area contributed by atoms with Crippen molar-refractivity contribution in [1.82, 2.24) is 4.90 Å². The Kier molecular flexibility index (Phi) is 5.75. The Labute approximate surface area is 159 Å². The van der Waals surface area contributed by atoms with E-state index in [1.54, 1.807) is 26.0 Å². The van der Waals surface area contributed by atoms with Gasteiger partial charge in [0.15, 0.2) is 0 Å². The first-order valence-electron chi connectivity index (χ1n) is 7.78. The second-order valence-corrected chi connectivity index (χ2v) is 7.60. The summed E-state index contributed by atoms with van der Waals surface area (Å²) in [5.74, 6) is 2.32. The quantitative estimate of drug-likeness (QED) is 0.772. The standard InChI is InChI=1S/C18H19BrN2O3S/c1-23-15-9-12(10-16(11-15)24-2)17-21(7-8-25-17)18(22)20-14-5-3-13(19)4-6-14/h3-6,9-11,17H,7-8H2,1-2H3,(H,20,22). The fourth-order valence-electron chi connectivity index (χ4n) is 2.65. The number of nitrogens with zero attached hydrogens (tertiary/aromatic N) is 1. The van der Waals surface area contributed by atoms with Crippen LogP contribution >= 0.6 is 27.7 Å². The number of hydrogen-bond donors (Lipinski definition) is 1. The van der Waals surface area contributed by atoms with Gasteiger partial charge in [0.05, 0.1) is 14.2 Å². The lowest BCUT2D eigenvalue weighted by molar-refractivity contribution is 0.214. The van der Waals surface area contributed by atoms with Gasteiger partial charge in [-0.2, -0.15) is 0 Å². The van der Waals surface area contributed by atoms with Crippen LogP contribution in [0.15, 0.2) is 46.9 Å². The molecule has 1 unspecified atom stereocenters. The zero-order chi connectivity index (χ0) is 17.8. The van der Waals surface area contributed by atoms with Crippen molar-refractivity contribution in [3.63, 3.8) is 0 Å². The SMILES string of the molecule is COc1cc(OC)cc(C2SCCN2C(=O)Nc2ccc(Br)cc2)c1. The van der Waals surface area contributed by atoms with E-state index in [9.17, 15) is 4.79 Å². The van der Waals surface area contributed by atoms with E-state index in [0.717, 1.165) is 33.0 Å². The summed E-state index contributed by atoms with van der Waals surface area (Å²) in [6.45, 7) is 0.692. The molecule has 5 nitrogen and oxygen atoms in total. The minimum atomic E-state index is -0.112. The molecule has 132 valence electrons. The summed E-state index contributed by atoms with van der Waals surface area (Å²) in [7, 11) is 3.25. The molecule has 7 heteroatoms. The van der Waals surface area contributed by atoms with Crippen molar-refractivity contribution in [2.75, 3.05) is 31.8 Å². The molecule has 2 aromatic carbocycles. The largest absolute Gasteiger partial charge is 0.497 e. The molecule has 1 heterocycles. The van der Waals surface area contributed by atoms with E-state index < -0.39 is 0 Å². The number of hydrogen-bond acceptors (Lipinski definition) is 4. The minimum Gasteiger partial charge on any atom is -0.497 e. The van der Waals surface area contributed by atoms with Gasteiger partial charge >= 0.3 is 6.03 Å². The second-order valence-electron chi connectivity index (χ2n) is 5.50. The van der Waals surface area contributed by atoms with E-state index in [0.29, 0.717) is 6.54 Å². The number of amides is 2. The summed E-state index contributed by atoms with van der Waals surface area (Å²) in [4.78, 5) is 14.6. The number of rotatable bonds is 4. The molecule has 1 aliphatic rings. The van der Waals surface area contributed by atoms with Crippen LogP contribution in [0.3, 0.4) is 0 Å². The molecule has 25 heavy (non-hydrogen) atoms. The molecule has 0 bridgehead atoms. The molecular formula is C18H19BrN2O3S. The zero-order valence-electron chi connectivity index (χ0n) is 14.0. The molecule has 1 saturated heterocycles. The van der Waals surface area contributed by atoms with Crippen LogP contribution in [-0.4, -0.2) is 37.4 Å².